The number of anilines is 1. The van der Waals surface area contributed by atoms with Gasteiger partial charge in [-0.25, -0.2) is 0 Å². The van der Waals surface area contributed by atoms with Crippen LogP contribution in [0.2, 0.25) is 5.02 Å². The van der Waals surface area contributed by atoms with Crippen molar-refractivity contribution in [1.29, 1.82) is 5.26 Å². The molecule has 0 spiro atoms. The molecule has 3 heteroatoms. The molecule has 0 unspecified atom stereocenters. The predicted molar refractivity (Wildman–Crippen MR) is 80.0 cm³/mol. The second kappa shape index (κ2) is 6.63. The SMILES string of the molecule is N#CC(=Cc1ccccc1)CNc1cccc(Cl)c1. The molecular weight excluding hydrogens is 256 g/mol. The third-order valence-electron chi connectivity index (χ3n) is 2.59. The number of nitrogens with one attached hydrogen (secondary N) is 1. The van der Waals surface area contributed by atoms with Crippen LogP contribution in [-0.4, -0.2) is 6.54 Å². The fraction of sp³-hybridized carbons (Fsp3) is 0.0625. The Hall–Kier alpha value is -2.24. The summed E-state index contributed by atoms with van der Waals surface area (Å²) in [4.78, 5) is 0. The minimum Gasteiger partial charge on any atom is -0.380 e. The minimum atomic E-state index is 0.478. The second-order valence-electron chi connectivity index (χ2n) is 4.06. The molecule has 0 bridgehead atoms. The molecule has 0 heterocycles. The molecule has 0 amide bonds. The number of hydrogen-bond donors (Lipinski definition) is 1. The Morgan fingerprint density at radius 3 is 2.63 bits per heavy atom. The molecule has 19 heavy (non-hydrogen) atoms. The van der Waals surface area contributed by atoms with Crippen LogP contribution >= 0.6 is 11.6 Å². The van der Waals surface area contributed by atoms with Gasteiger partial charge in [0.1, 0.15) is 0 Å². The Kier molecular flexibility index (Phi) is 4.60. The molecular formula is C16H13ClN2. The second-order valence-corrected chi connectivity index (χ2v) is 4.49. The van der Waals surface area contributed by atoms with E-state index in [1.165, 1.54) is 0 Å². The molecule has 0 saturated carbocycles. The Bertz CT molecular complexity index is 612. The van der Waals surface area contributed by atoms with E-state index in [2.05, 4.69) is 11.4 Å². The van der Waals surface area contributed by atoms with E-state index in [0.29, 0.717) is 17.1 Å². The third kappa shape index (κ3) is 4.17. The van der Waals surface area contributed by atoms with Gasteiger partial charge < -0.3 is 5.32 Å². The molecule has 0 aliphatic carbocycles. The fourth-order valence-corrected chi connectivity index (χ4v) is 1.86. The van der Waals surface area contributed by atoms with Gasteiger partial charge in [0.05, 0.1) is 12.6 Å². The lowest BCUT2D eigenvalue weighted by atomic mass is 10.1. The van der Waals surface area contributed by atoms with Gasteiger partial charge in [-0.05, 0) is 29.8 Å². The van der Waals surface area contributed by atoms with Crippen LogP contribution in [0.15, 0.2) is 60.2 Å². The van der Waals surface area contributed by atoms with Crippen LogP contribution in [0.1, 0.15) is 5.56 Å². The van der Waals surface area contributed by atoms with Crippen molar-refractivity contribution in [1.82, 2.24) is 0 Å². The lowest BCUT2D eigenvalue weighted by molar-refractivity contribution is 1.27. The van der Waals surface area contributed by atoms with Crippen LogP contribution in [0.25, 0.3) is 6.08 Å². The number of halogens is 1. The Balaban J connectivity index is 2.05. The summed E-state index contributed by atoms with van der Waals surface area (Å²) in [5.41, 5.74) is 2.60. The van der Waals surface area contributed by atoms with Gasteiger partial charge in [0.2, 0.25) is 0 Å². The molecule has 0 saturated heterocycles. The van der Waals surface area contributed by atoms with Crippen molar-refractivity contribution in [3.8, 4) is 6.07 Å². The first-order valence-corrected chi connectivity index (χ1v) is 6.31. The maximum Gasteiger partial charge on any atom is 0.0966 e. The van der Waals surface area contributed by atoms with E-state index < -0.39 is 0 Å². The smallest absolute Gasteiger partial charge is 0.0966 e. The van der Waals surface area contributed by atoms with Gasteiger partial charge in [0.25, 0.3) is 0 Å². The van der Waals surface area contributed by atoms with E-state index in [4.69, 9.17) is 16.9 Å². The number of rotatable bonds is 4. The van der Waals surface area contributed by atoms with Gasteiger partial charge in [-0.3, -0.25) is 0 Å². The van der Waals surface area contributed by atoms with Crippen molar-refractivity contribution in [2.24, 2.45) is 0 Å². The highest BCUT2D eigenvalue weighted by atomic mass is 35.5. The molecule has 0 aliphatic heterocycles. The van der Waals surface area contributed by atoms with Crippen molar-refractivity contribution >= 4 is 23.4 Å². The summed E-state index contributed by atoms with van der Waals surface area (Å²) in [6.45, 7) is 0.478. The Labute approximate surface area is 118 Å². The lowest BCUT2D eigenvalue weighted by Gasteiger charge is -2.05. The normalized spacial score (nSPS) is 10.8. The quantitative estimate of drug-likeness (QED) is 0.837. The lowest BCUT2D eigenvalue weighted by Crippen LogP contribution is -2.03. The Morgan fingerprint density at radius 2 is 1.95 bits per heavy atom. The van der Waals surface area contributed by atoms with Crippen molar-refractivity contribution in [2.75, 3.05) is 11.9 Å². The predicted octanol–water partition coefficient (Wildman–Crippen LogP) is 4.36. The molecule has 0 radical (unpaired) electrons. The largest absolute Gasteiger partial charge is 0.380 e. The maximum atomic E-state index is 9.14. The zero-order valence-corrected chi connectivity index (χ0v) is 11.1. The highest BCUT2D eigenvalue weighted by molar-refractivity contribution is 6.30. The molecule has 0 aromatic heterocycles. The van der Waals surface area contributed by atoms with Crippen LogP contribution in [0.4, 0.5) is 5.69 Å². The van der Waals surface area contributed by atoms with Crippen molar-refractivity contribution < 1.29 is 0 Å². The summed E-state index contributed by atoms with van der Waals surface area (Å²) < 4.78 is 0. The number of nitrogens with zero attached hydrogens (tertiary/aromatic N) is 1. The Morgan fingerprint density at radius 1 is 1.16 bits per heavy atom. The summed E-state index contributed by atoms with van der Waals surface area (Å²) in [5, 5.41) is 13.0. The van der Waals surface area contributed by atoms with Gasteiger partial charge in [-0.2, -0.15) is 5.26 Å². The standard InChI is InChI=1S/C16H13ClN2/c17-15-7-4-8-16(10-15)19-12-14(11-18)9-13-5-2-1-3-6-13/h1-10,19H,12H2. The summed E-state index contributed by atoms with van der Waals surface area (Å²) >= 11 is 5.90. The number of hydrogen-bond acceptors (Lipinski definition) is 2. The zero-order valence-electron chi connectivity index (χ0n) is 10.3. The van der Waals surface area contributed by atoms with Crippen molar-refractivity contribution in [3.05, 3.63) is 70.8 Å². The first-order valence-electron chi connectivity index (χ1n) is 5.93. The van der Waals surface area contributed by atoms with Crippen LogP contribution in [-0.2, 0) is 0 Å². The summed E-state index contributed by atoms with van der Waals surface area (Å²) in [6, 6.07) is 19.4. The molecule has 2 rings (SSSR count). The van der Waals surface area contributed by atoms with Crippen LogP contribution in [0, 0.1) is 11.3 Å². The summed E-state index contributed by atoms with van der Waals surface area (Å²) in [5.74, 6) is 0. The van der Waals surface area contributed by atoms with Crippen LogP contribution < -0.4 is 5.32 Å². The molecule has 0 atom stereocenters. The molecule has 2 aromatic rings. The van der Waals surface area contributed by atoms with E-state index in [-0.39, 0.29) is 0 Å². The number of benzene rings is 2. The zero-order chi connectivity index (χ0) is 13.5. The van der Waals surface area contributed by atoms with Gasteiger partial charge in [0.15, 0.2) is 0 Å². The van der Waals surface area contributed by atoms with Crippen LogP contribution in [0.3, 0.4) is 0 Å². The highest BCUT2D eigenvalue weighted by Crippen LogP contribution is 2.15. The summed E-state index contributed by atoms with van der Waals surface area (Å²) in [7, 11) is 0. The van der Waals surface area contributed by atoms with Crippen molar-refractivity contribution in [3.63, 3.8) is 0 Å². The fourth-order valence-electron chi connectivity index (χ4n) is 1.67. The van der Waals surface area contributed by atoms with E-state index in [9.17, 15) is 0 Å². The topological polar surface area (TPSA) is 35.8 Å². The average Bonchev–Trinajstić information content (AvgIpc) is 2.44. The maximum absolute atomic E-state index is 9.14. The molecule has 0 fully saturated rings. The number of nitriles is 1. The van der Waals surface area contributed by atoms with Gasteiger partial charge >= 0.3 is 0 Å². The molecule has 1 N–H and O–H groups in total. The van der Waals surface area contributed by atoms with E-state index in [0.717, 1.165) is 11.3 Å². The highest BCUT2D eigenvalue weighted by Gasteiger charge is 1.98. The van der Waals surface area contributed by atoms with E-state index >= 15 is 0 Å². The van der Waals surface area contributed by atoms with Gasteiger partial charge in [-0.15, -0.1) is 0 Å². The molecule has 2 aromatic carbocycles. The van der Waals surface area contributed by atoms with Crippen molar-refractivity contribution in [2.45, 2.75) is 0 Å². The minimum absolute atomic E-state index is 0.478. The monoisotopic (exact) mass is 268 g/mol. The van der Waals surface area contributed by atoms with Gasteiger partial charge in [-0.1, -0.05) is 48.0 Å². The molecule has 2 nitrogen and oxygen atoms in total. The van der Waals surface area contributed by atoms with E-state index in [1.54, 1.807) is 0 Å². The summed E-state index contributed by atoms with van der Waals surface area (Å²) in [6.07, 6.45) is 1.87. The first-order chi connectivity index (χ1) is 9.28. The molecule has 0 aliphatic rings. The average molecular weight is 269 g/mol. The first kappa shape index (κ1) is 13.2. The molecule has 94 valence electrons. The van der Waals surface area contributed by atoms with Crippen LogP contribution in [0.5, 0.6) is 0 Å². The van der Waals surface area contributed by atoms with E-state index in [1.807, 2.05) is 60.7 Å². The van der Waals surface area contributed by atoms with Gasteiger partial charge in [0, 0.05) is 16.3 Å². The third-order valence-corrected chi connectivity index (χ3v) is 2.83.